The first kappa shape index (κ1) is 8.25. The zero-order chi connectivity index (χ0) is 8.97. The van der Waals surface area contributed by atoms with E-state index in [1.165, 1.54) is 17.2 Å². The van der Waals surface area contributed by atoms with Crippen LogP contribution in [-0.2, 0) is 4.79 Å². The second kappa shape index (κ2) is 3.51. The minimum Gasteiger partial charge on any atom is -0.327 e. The van der Waals surface area contributed by atoms with Crippen LogP contribution >= 0.6 is 0 Å². The molecular formula is C6H8N4O2. The van der Waals surface area contributed by atoms with Gasteiger partial charge < -0.3 is 5.43 Å². The first-order valence-corrected chi connectivity index (χ1v) is 3.24. The summed E-state index contributed by atoms with van der Waals surface area (Å²) < 4.78 is 1.40. The van der Waals surface area contributed by atoms with Crippen LogP contribution in [0.2, 0.25) is 0 Å². The lowest BCUT2D eigenvalue weighted by molar-refractivity contribution is -0.108. The van der Waals surface area contributed by atoms with Crippen molar-refractivity contribution in [1.82, 2.24) is 15.0 Å². The summed E-state index contributed by atoms with van der Waals surface area (Å²) >= 11 is 0. The molecule has 0 aliphatic carbocycles. The van der Waals surface area contributed by atoms with Crippen molar-refractivity contribution >= 4 is 12.3 Å². The van der Waals surface area contributed by atoms with E-state index in [1.807, 2.05) is 5.32 Å². The average molecular weight is 168 g/mol. The number of nitrogens with zero attached hydrogens (tertiary/aromatic N) is 2. The van der Waals surface area contributed by atoms with Crippen molar-refractivity contribution in [3.8, 4) is 0 Å². The van der Waals surface area contributed by atoms with E-state index in [0.717, 1.165) is 0 Å². The van der Waals surface area contributed by atoms with E-state index in [2.05, 4.69) is 10.4 Å². The molecule has 1 aromatic heterocycles. The Morgan fingerprint density at radius 2 is 2.50 bits per heavy atom. The minimum absolute atomic E-state index is 0.282. The van der Waals surface area contributed by atoms with Crippen LogP contribution in [0.25, 0.3) is 0 Å². The van der Waals surface area contributed by atoms with Gasteiger partial charge in [0.1, 0.15) is 12.0 Å². The van der Waals surface area contributed by atoms with E-state index in [9.17, 15) is 9.59 Å². The van der Waals surface area contributed by atoms with E-state index >= 15 is 0 Å². The number of hydrogen-bond acceptors (Lipinski definition) is 4. The molecular weight excluding hydrogens is 160 g/mol. The topological polar surface area (TPSA) is 76.0 Å². The third-order valence-corrected chi connectivity index (χ3v) is 1.30. The molecule has 1 rings (SSSR count). The molecule has 0 aliphatic heterocycles. The van der Waals surface area contributed by atoms with E-state index in [-0.39, 0.29) is 5.69 Å². The maximum Gasteiger partial charge on any atom is 0.277 e. The Kier molecular flexibility index (Phi) is 2.42. The van der Waals surface area contributed by atoms with Gasteiger partial charge in [-0.3, -0.25) is 14.9 Å². The summed E-state index contributed by atoms with van der Waals surface area (Å²) in [6, 6.07) is 0. The molecule has 12 heavy (non-hydrogen) atoms. The van der Waals surface area contributed by atoms with Gasteiger partial charge in [-0.1, -0.05) is 0 Å². The standard InChI is InChI=1S/C6H8N4O2/c1-7-10-3-8-2-5(10)6(12)9-4-11/h2-4,7H,1H3,(H,9,11,12). The number of carbonyl (C=O) groups excluding carboxylic acids is 2. The average Bonchev–Trinajstić information content (AvgIpc) is 2.51. The van der Waals surface area contributed by atoms with Gasteiger partial charge >= 0.3 is 0 Å². The third-order valence-electron chi connectivity index (χ3n) is 1.30. The lowest BCUT2D eigenvalue weighted by Crippen LogP contribution is -2.26. The van der Waals surface area contributed by atoms with Gasteiger partial charge in [-0.05, 0) is 0 Å². The maximum absolute atomic E-state index is 11.0. The lowest BCUT2D eigenvalue weighted by Gasteiger charge is -2.03. The van der Waals surface area contributed by atoms with Crippen molar-refractivity contribution < 1.29 is 9.59 Å². The van der Waals surface area contributed by atoms with E-state index < -0.39 is 5.91 Å². The summed E-state index contributed by atoms with van der Waals surface area (Å²) in [6.45, 7) is 0. The quantitative estimate of drug-likeness (QED) is 0.564. The van der Waals surface area contributed by atoms with Crippen molar-refractivity contribution in [2.75, 3.05) is 12.5 Å². The summed E-state index contributed by atoms with van der Waals surface area (Å²) in [5.74, 6) is -0.489. The molecule has 64 valence electrons. The molecule has 1 aromatic rings. The first-order valence-electron chi connectivity index (χ1n) is 3.24. The molecule has 0 fully saturated rings. The molecule has 0 unspecified atom stereocenters. The van der Waals surface area contributed by atoms with Crippen molar-refractivity contribution in [2.45, 2.75) is 0 Å². The number of nitrogens with one attached hydrogen (secondary N) is 2. The number of aromatic nitrogens is 2. The van der Waals surface area contributed by atoms with Gasteiger partial charge in [0.2, 0.25) is 6.41 Å². The van der Waals surface area contributed by atoms with Crippen LogP contribution in [0.3, 0.4) is 0 Å². The summed E-state index contributed by atoms with van der Waals surface area (Å²) in [5, 5.41) is 2.00. The van der Waals surface area contributed by atoms with Gasteiger partial charge in [0.15, 0.2) is 0 Å². The van der Waals surface area contributed by atoms with Gasteiger partial charge in [-0.15, -0.1) is 0 Å². The van der Waals surface area contributed by atoms with Gasteiger partial charge in [0.05, 0.1) is 6.20 Å². The van der Waals surface area contributed by atoms with Crippen molar-refractivity contribution in [1.29, 1.82) is 0 Å². The highest BCUT2D eigenvalue weighted by atomic mass is 16.2. The third kappa shape index (κ3) is 1.42. The number of imidazole rings is 1. The second-order valence-electron chi connectivity index (χ2n) is 1.96. The molecule has 0 saturated carbocycles. The summed E-state index contributed by atoms with van der Waals surface area (Å²) in [6.07, 6.45) is 3.12. The Morgan fingerprint density at radius 1 is 1.75 bits per heavy atom. The first-order chi connectivity index (χ1) is 5.79. The van der Waals surface area contributed by atoms with Crippen LogP contribution < -0.4 is 10.7 Å². The van der Waals surface area contributed by atoms with Crippen LogP contribution in [0, 0.1) is 0 Å². The molecule has 0 saturated heterocycles. The molecule has 0 aromatic carbocycles. The normalized spacial score (nSPS) is 9.08. The Bertz CT molecular complexity index is 293. The van der Waals surface area contributed by atoms with Crippen LogP contribution in [0.5, 0.6) is 0 Å². The molecule has 2 amide bonds. The predicted octanol–water partition coefficient (Wildman–Crippen LogP) is -1.06. The zero-order valence-electron chi connectivity index (χ0n) is 6.44. The highest BCUT2D eigenvalue weighted by molar-refractivity contribution is 5.98. The van der Waals surface area contributed by atoms with E-state index in [0.29, 0.717) is 6.41 Å². The van der Waals surface area contributed by atoms with E-state index in [1.54, 1.807) is 7.05 Å². The molecule has 6 heteroatoms. The number of rotatable bonds is 3. The Morgan fingerprint density at radius 3 is 3.08 bits per heavy atom. The van der Waals surface area contributed by atoms with E-state index in [4.69, 9.17) is 0 Å². The molecule has 0 atom stereocenters. The fraction of sp³-hybridized carbons (Fsp3) is 0.167. The Labute approximate surface area is 68.6 Å². The fourth-order valence-electron chi connectivity index (χ4n) is 0.769. The SMILES string of the molecule is CNn1cncc1C(=O)NC=O. The molecule has 6 nitrogen and oxygen atoms in total. The second-order valence-corrected chi connectivity index (χ2v) is 1.96. The highest BCUT2D eigenvalue weighted by Crippen LogP contribution is 1.94. The largest absolute Gasteiger partial charge is 0.327 e. The zero-order valence-corrected chi connectivity index (χ0v) is 6.44. The number of amides is 2. The molecule has 0 spiro atoms. The molecule has 2 N–H and O–H groups in total. The van der Waals surface area contributed by atoms with Crippen molar-refractivity contribution in [3.63, 3.8) is 0 Å². The van der Waals surface area contributed by atoms with Gasteiger partial charge in [0.25, 0.3) is 5.91 Å². The molecule has 1 heterocycles. The molecule has 0 radical (unpaired) electrons. The fourth-order valence-corrected chi connectivity index (χ4v) is 0.769. The van der Waals surface area contributed by atoms with Crippen molar-refractivity contribution in [2.24, 2.45) is 0 Å². The molecule has 0 aliphatic rings. The Balaban J connectivity index is 2.85. The van der Waals surface area contributed by atoms with Crippen LogP contribution in [0.15, 0.2) is 12.5 Å². The smallest absolute Gasteiger partial charge is 0.277 e. The lowest BCUT2D eigenvalue weighted by atomic mass is 10.4. The predicted molar refractivity (Wildman–Crippen MR) is 41.0 cm³/mol. The highest BCUT2D eigenvalue weighted by Gasteiger charge is 2.09. The minimum atomic E-state index is -0.489. The summed E-state index contributed by atoms with van der Waals surface area (Å²) in [5.41, 5.74) is 2.97. The van der Waals surface area contributed by atoms with Gasteiger partial charge in [-0.25, -0.2) is 9.66 Å². The van der Waals surface area contributed by atoms with Crippen LogP contribution in [0.4, 0.5) is 0 Å². The summed E-state index contributed by atoms with van der Waals surface area (Å²) in [7, 11) is 1.64. The Hall–Kier alpha value is -1.85. The maximum atomic E-state index is 11.0. The summed E-state index contributed by atoms with van der Waals surface area (Å²) in [4.78, 5) is 24.7. The van der Waals surface area contributed by atoms with Crippen LogP contribution in [0.1, 0.15) is 10.5 Å². The van der Waals surface area contributed by atoms with Gasteiger partial charge in [-0.2, -0.15) is 0 Å². The van der Waals surface area contributed by atoms with Crippen molar-refractivity contribution in [3.05, 3.63) is 18.2 Å². The van der Waals surface area contributed by atoms with Crippen LogP contribution in [-0.4, -0.2) is 29.0 Å². The number of hydrogen-bond donors (Lipinski definition) is 2. The number of imide groups is 1. The van der Waals surface area contributed by atoms with Gasteiger partial charge in [0, 0.05) is 7.05 Å². The monoisotopic (exact) mass is 168 g/mol. The number of carbonyl (C=O) groups is 2. The molecule has 0 bridgehead atoms.